The molecule has 1 rings (SSSR count). The lowest BCUT2D eigenvalue weighted by molar-refractivity contribution is 0.236. The number of hydrogen-bond acceptors (Lipinski definition) is 1. The molecule has 0 aromatic rings. The summed E-state index contributed by atoms with van der Waals surface area (Å²) >= 11 is 0. The maximum Gasteiger partial charge on any atom is 0.0252 e. The van der Waals surface area contributed by atoms with Crippen LogP contribution in [0.1, 0.15) is 41.0 Å². The van der Waals surface area contributed by atoms with Crippen LogP contribution in [0.3, 0.4) is 0 Å². The highest BCUT2D eigenvalue weighted by atomic mass is 15.4. The molecular formula is C10H21N. The van der Waals surface area contributed by atoms with E-state index in [1.165, 1.54) is 13.0 Å². The van der Waals surface area contributed by atoms with Crippen LogP contribution < -0.4 is 0 Å². The molecule has 1 aliphatic heterocycles. The number of rotatable bonds is 3. The molecule has 0 bridgehead atoms. The minimum atomic E-state index is 0.439. The van der Waals surface area contributed by atoms with Crippen LogP contribution >= 0.6 is 0 Å². The molecule has 0 radical (unpaired) electrons. The van der Waals surface area contributed by atoms with Crippen molar-refractivity contribution in [1.29, 1.82) is 0 Å². The maximum atomic E-state index is 2.61. The first-order chi connectivity index (χ1) is 4.99. The van der Waals surface area contributed by atoms with Gasteiger partial charge < -0.3 is 0 Å². The van der Waals surface area contributed by atoms with E-state index < -0.39 is 0 Å². The maximum absolute atomic E-state index is 2.61. The second-order valence-electron chi connectivity index (χ2n) is 4.63. The van der Waals surface area contributed by atoms with Crippen LogP contribution in [0.15, 0.2) is 0 Å². The summed E-state index contributed by atoms with van der Waals surface area (Å²) in [6, 6.07) is 0.866. The normalized spacial score (nSPS) is 31.1. The molecule has 0 N–H and O–H groups in total. The fourth-order valence-electron chi connectivity index (χ4n) is 1.62. The van der Waals surface area contributed by atoms with Crippen LogP contribution in [0.4, 0.5) is 0 Å². The van der Waals surface area contributed by atoms with E-state index >= 15 is 0 Å². The molecule has 0 amide bonds. The summed E-state index contributed by atoms with van der Waals surface area (Å²) in [5, 5.41) is 0. The standard InChI is InChI=1S/C10H21N/c1-6-10(4,5)11-7-9(11)8(2)3/h8-9H,6-7H2,1-5H3. The number of nitrogens with zero attached hydrogens (tertiary/aromatic N) is 1. The van der Waals surface area contributed by atoms with Gasteiger partial charge >= 0.3 is 0 Å². The Morgan fingerprint density at radius 1 is 1.45 bits per heavy atom. The van der Waals surface area contributed by atoms with Crippen molar-refractivity contribution in [3.8, 4) is 0 Å². The second kappa shape index (κ2) is 2.78. The van der Waals surface area contributed by atoms with Crippen LogP contribution in [-0.4, -0.2) is 23.0 Å². The SMILES string of the molecule is CCC(C)(C)N1CC1C(C)C. The summed E-state index contributed by atoms with van der Waals surface area (Å²) in [4.78, 5) is 2.61. The van der Waals surface area contributed by atoms with Crippen LogP contribution in [-0.2, 0) is 0 Å². The minimum Gasteiger partial charge on any atom is -0.292 e. The first kappa shape index (κ1) is 9.05. The van der Waals surface area contributed by atoms with E-state index in [0.717, 1.165) is 12.0 Å². The van der Waals surface area contributed by atoms with Crippen molar-refractivity contribution in [1.82, 2.24) is 4.90 Å². The van der Waals surface area contributed by atoms with Crippen molar-refractivity contribution in [2.45, 2.75) is 52.6 Å². The molecule has 1 fully saturated rings. The predicted molar refractivity (Wildman–Crippen MR) is 49.7 cm³/mol. The van der Waals surface area contributed by atoms with E-state index in [1.807, 2.05) is 0 Å². The van der Waals surface area contributed by atoms with Gasteiger partial charge in [0.05, 0.1) is 0 Å². The molecule has 1 heteroatoms. The summed E-state index contributed by atoms with van der Waals surface area (Å²) in [7, 11) is 0. The van der Waals surface area contributed by atoms with E-state index in [0.29, 0.717) is 5.54 Å². The van der Waals surface area contributed by atoms with Gasteiger partial charge in [0, 0.05) is 18.1 Å². The zero-order chi connectivity index (χ0) is 8.65. The Bertz CT molecular complexity index is 138. The summed E-state index contributed by atoms with van der Waals surface area (Å²) in [6.45, 7) is 12.9. The minimum absolute atomic E-state index is 0.439. The van der Waals surface area contributed by atoms with Crippen molar-refractivity contribution in [3.63, 3.8) is 0 Å². The van der Waals surface area contributed by atoms with Gasteiger partial charge in [0.2, 0.25) is 0 Å². The predicted octanol–water partition coefficient (Wildman–Crippen LogP) is 2.52. The first-order valence-corrected chi connectivity index (χ1v) is 4.75. The molecule has 1 aliphatic rings. The van der Waals surface area contributed by atoms with Crippen LogP contribution in [0, 0.1) is 5.92 Å². The summed E-state index contributed by atoms with van der Waals surface area (Å²) in [5.41, 5.74) is 0.439. The van der Waals surface area contributed by atoms with Crippen molar-refractivity contribution in [2.24, 2.45) is 5.92 Å². The lowest BCUT2D eigenvalue weighted by Crippen LogP contribution is -2.31. The topological polar surface area (TPSA) is 3.01 Å². The third-order valence-electron chi connectivity index (χ3n) is 3.06. The van der Waals surface area contributed by atoms with E-state index in [9.17, 15) is 0 Å². The van der Waals surface area contributed by atoms with Crippen molar-refractivity contribution in [3.05, 3.63) is 0 Å². The largest absolute Gasteiger partial charge is 0.292 e. The Hall–Kier alpha value is -0.0400. The van der Waals surface area contributed by atoms with E-state index in [-0.39, 0.29) is 0 Å². The van der Waals surface area contributed by atoms with Gasteiger partial charge in [0.1, 0.15) is 0 Å². The first-order valence-electron chi connectivity index (χ1n) is 4.75. The van der Waals surface area contributed by atoms with Crippen molar-refractivity contribution < 1.29 is 0 Å². The third kappa shape index (κ3) is 1.76. The van der Waals surface area contributed by atoms with E-state index in [4.69, 9.17) is 0 Å². The Labute approximate surface area is 70.8 Å². The molecule has 0 saturated carbocycles. The highest BCUT2D eigenvalue weighted by molar-refractivity contribution is 5.00. The fraction of sp³-hybridized carbons (Fsp3) is 1.00. The van der Waals surface area contributed by atoms with Crippen molar-refractivity contribution in [2.75, 3.05) is 6.54 Å². The molecule has 0 aromatic carbocycles. The Morgan fingerprint density at radius 3 is 2.27 bits per heavy atom. The summed E-state index contributed by atoms with van der Waals surface area (Å²) in [5.74, 6) is 0.834. The molecule has 1 heterocycles. The van der Waals surface area contributed by atoms with Gasteiger partial charge in [-0.05, 0) is 26.2 Å². The lowest BCUT2D eigenvalue weighted by Gasteiger charge is -2.26. The Morgan fingerprint density at radius 2 is 2.00 bits per heavy atom. The smallest absolute Gasteiger partial charge is 0.0252 e. The van der Waals surface area contributed by atoms with Gasteiger partial charge in [0.25, 0.3) is 0 Å². The molecule has 1 saturated heterocycles. The zero-order valence-electron chi connectivity index (χ0n) is 8.52. The van der Waals surface area contributed by atoms with Crippen LogP contribution in [0.5, 0.6) is 0 Å². The molecule has 11 heavy (non-hydrogen) atoms. The average Bonchev–Trinajstić information content (AvgIpc) is 2.65. The molecular weight excluding hydrogens is 134 g/mol. The molecule has 0 aromatic heterocycles. The van der Waals surface area contributed by atoms with E-state index in [2.05, 4.69) is 39.5 Å². The molecule has 0 aliphatic carbocycles. The molecule has 2 unspecified atom stereocenters. The van der Waals surface area contributed by atoms with Gasteiger partial charge in [-0.15, -0.1) is 0 Å². The lowest BCUT2D eigenvalue weighted by atomic mass is 10.0. The van der Waals surface area contributed by atoms with Gasteiger partial charge in [-0.1, -0.05) is 20.8 Å². The van der Waals surface area contributed by atoms with Gasteiger partial charge in [-0.25, -0.2) is 0 Å². The van der Waals surface area contributed by atoms with Crippen LogP contribution in [0.25, 0.3) is 0 Å². The molecule has 2 atom stereocenters. The summed E-state index contributed by atoms with van der Waals surface area (Å²) in [6.07, 6.45) is 1.26. The van der Waals surface area contributed by atoms with Crippen LogP contribution in [0.2, 0.25) is 0 Å². The van der Waals surface area contributed by atoms with Crippen molar-refractivity contribution >= 4 is 0 Å². The third-order valence-corrected chi connectivity index (χ3v) is 3.06. The van der Waals surface area contributed by atoms with E-state index in [1.54, 1.807) is 0 Å². The Kier molecular flexibility index (Phi) is 2.29. The highest BCUT2D eigenvalue weighted by Gasteiger charge is 2.44. The quantitative estimate of drug-likeness (QED) is 0.566. The molecule has 66 valence electrons. The number of hydrogen-bond donors (Lipinski definition) is 0. The second-order valence-corrected chi connectivity index (χ2v) is 4.63. The average molecular weight is 155 g/mol. The molecule has 0 spiro atoms. The highest BCUT2D eigenvalue weighted by Crippen LogP contribution is 2.35. The van der Waals surface area contributed by atoms with Gasteiger partial charge in [0.15, 0.2) is 0 Å². The van der Waals surface area contributed by atoms with Gasteiger partial charge in [-0.3, -0.25) is 4.90 Å². The summed E-state index contributed by atoms with van der Waals surface area (Å²) < 4.78 is 0. The monoisotopic (exact) mass is 155 g/mol. The van der Waals surface area contributed by atoms with Gasteiger partial charge in [-0.2, -0.15) is 0 Å². The Balaban J connectivity index is 2.43. The fourth-order valence-corrected chi connectivity index (χ4v) is 1.62. The zero-order valence-corrected chi connectivity index (χ0v) is 8.52. The molecule has 1 nitrogen and oxygen atoms in total.